The highest BCUT2D eigenvalue weighted by molar-refractivity contribution is 8.00. The normalized spacial score (nSPS) is 12.0. The Bertz CT molecular complexity index is 873. The Morgan fingerprint density at radius 3 is 2.46 bits per heavy atom. The van der Waals surface area contributed by atoms with E-state index in [4.69, 9.17) is 4.42 Å². The average Bonchev–Trinajstić information content (AvgIpc) is 3.11. The van der Waals surface area contributed by atoms with Gasteiger partial charge in [-0.05, 0) is 50.1 Å². The van der Waals surface area contributed by atoms with E-state index in [1.54, 1.807) is 0 Å². The Kier molecular flexibility index (Phi) is 5.73. The van der Waals surface area contributed by atoms with Crippen LogP contribution in [-0.2, 0) is 11.2 Å². The third-order valence-electron chi connectivity index (χ3n) is 3.98. The van der Waals surface area contributed by atoms with Crippen molar-refractivity contribution in [1.29, 1.82) is 0 Å². The lowest BCUT2D eigenvalue weighted by molar-refractivity contribution is -0.115. The van der Waals surface area contributed by atoms with Gasteiger partial charge in [-0.2, -0.15) is 0 Å². The van der Waals surface area contributed by atoms with Crippen molar-refractivity contribution >= 4 is 23.4 Å². The first kappa shape index (κ1) is 18.2. The lowest BCUT2D eigenvalue weighted by Crippen LogP contribution is -2.22. The number of carbonyl (C=O) groups excluding carboxylic acids is 1. The number of hydrogen-bond acceptors (Lipinski definition) is 5. The van der Waals surface area contributed by atoms with Crippen LogP contribution in [0.5, 0.6) is 0 Å². The van der Waals surface area contributed by atoms with E-state index in [2.05, 4.69) is 22.4 Å². The van der Waals surface area contributed by atoms with Crippen LogP contribution in [0.1, 0.15) is 25.0 Å². The van der Waals surface area contributed by atoms with Crippen LogP contribution in [0.2, 0.25) is 0 Å². The number of aryl methyl sites for hydroxylation is 2. The van der Waals surface area contributed by atoms with Crippen LogP contribution in [0.15, 0.2) is 58.2 Å². The summed E-state index contributed by atoms with van der Waals surface area (Å²) < 4.78 is 5.67. The Morgan fingerprint density at radius 2 is 1.81 bits per heavy atom. The minimum absolute atomic E-state index is 0.102. The van der Waals surface area contributed by atoms with Crippen molar-refractivity contribution in [1.82, 2.24) is 10.2 Å². The summed E-state index contributed by atoms with van der Waals surface area (Å²) in [6, 6.07) is 15.7. The highest BCUT2D eigenvalue weighted by Gasteiger charge is 2.19. The SMILES string of the molecule is CCc1ccc(NC(=O)C(C)Sc2nnc(-c3ccc(C)cc3)o2)cc1. The van der Waals surface area contributed by atoms with Crippen molar-refractivity contribution in [3.63, 3.8) is 0 Å². The van der Waals surface area contributed by atoms with Crippen LogP contribution < -0.4 is 5.32 Å². The van der Waals surface area contributed by atoms with Crippen molar-refractivity contribution in [2.75, 3.05) is 5.32 Å². The summed E-state index contributed by atoms with van der Waals surface area (Å²) in [6.45, 7) is 5.94. The van der Waals surface area contributed by atoms with Gasteiger partial charge < -0.3 is 9.73 Å². The molecule has 0 saturated heterocycles. The predicted molar refractivity (Wildman–Crippen MR) is 104 cm³/mol. The number of nitrogens with zero attached hydrogens (tertiary/aromatic N) is 2. The van der Waals surface area contributed by atoms with Crippen LogP contribution in [0.25, 0.3) is 11.5 Å². The van der Waals surface area contributed by atoms with Crippen LogP contribution in [0, 0.1) is 6.92 Å². The fourth-order valence-corrected chi connectivity index (χ4v) is 3.03. The molecule has 6 heteroatoms. The molecule has 1 heterocycles. The highest BCUT2D eigenvalue weighted by atomic mass is 32.2. The molecule has 1 N–H and O–H groups in total. The molecule has 3 rings (SSSR count). The molecular formula is C20H21N3O2S. The van der Waals surface area contributed by atoms with E-state index in [1.165, 1.54) is 22.9 Å². The molecule has 26 heavy (non-hydrogen) atoms. The quantitative estimate of drug-likeness (QED) is 0.638. The lowest BCUT2D eigenvalue weighted by atomic mass is 10.1. The van der Waals surface area contributed by atoms with Gasteiger partial charge in [0.05, 0.1) is 5.25 Å². The number of anilines is 1. The first-order valence-electron chi connectivity index (χ1n) is 8.52. The van der Waals surface area contributed by atoms with Crippen LogP contribution in [0.4, 0.5) is 5.69 Å². The van der Waals surface area contributed by atoms with Crippen LogP contribution >= 0.6 is 11.8 Å². The summed E-state index contributed by atoms with van der Waals surface area (Å²) in [5.74, 6) is 0.351. The van der Waals surface area contributed by atoms with E-state index in [9.17, 15) is 4.79 Å². The van der Waals surface area contributed by atoms with E-state index in [0.717, 1.165) is 17.7 Å². The van der Waals surface area contributed by atoms with E-state index in [-0.39, 0.29) is 11.2 Å². The summed E-state index contributed by atoms with van der Waals surface area (Å²) in [4.78, 5) is 12.4. The molecule has 0 radical (unpaired) electrons. The number of rotatable bonds is 6. The molecule has 1 aromatic heterocycles. The monoisotopic (exact) mass is 367 g/mol. The molecule has 0 spiro atoms. The lowest BCUT2D eigenvalue weighted by Gasteiger charge is -2.10. The number of nitrogens with one attached hydrogen (secondary N) is 1. The van der Waals surface area contributed by atoms with Gasteiger partial charge in [0.15, 0.2) is 0 Å². The number of hydrogen-bond donors (Lipinski definition) is 1. The van der Waals surface area contributed by atoms with E-state index >= 15 is 0 Å². The number of aromatic nitrogens is 2. The van der Waals surface area contributed by atoms with Gasteiger partial charge in [0.1, 0.15) is 0 Å². The molecule has 2 aromatic carbocycles. The summed E-state index contributed by atoms with van der Waals surface area (Å²) in [7, 11) is 0. The number of amides is 1. The van der Waals surface area contributed by atoms with Gasteiger partial charge in [-0.25, -0.2) is 0 Å². The minimum Gasteiger partial charge on any atom is -0.411 e. The maximum atomic E-state index is 12.4. The van der Waals surface area contributed by atoms with E-state index < -0.39 is 0 Å². The first-order valence-corrected chi connectivity index (χ1v) is 9.40. The topological polar surface area (TPSA) is 68.0 Å². The van der Waals surface area contributed by atoms with E-state index in [0.29, 0.717) is 11.1 Å². The van der Waals surface area contributed by atoms with Crippen molar-refractivity contribution in [3.8, 4) is 11.5 Å². The summed E-state index contributed by atoms with van der Waals surface area (Å²) >= 11 is 1.24. The fourth-order valence-electron chi connectivity index (χ4n) is 2.34. The smallest absolute Gasteiger partial charge is 0.277 e. The van der Waals surface area contributed by atoms with Crippen molar-refractivity contribution < 1.29 is 9.21 Å². The summed E-state index contributed by atoms with van der Waals surface area (Å²) in [5, 5.41) is 11.0. The summed E-state index contributed by atoms with van der Waals surface area (Å²) in [5.41, 5.74) is 4.05. The Hall–Kier alpha value is -2.60. The maximum absolute atomic E-state index is 12.4. The second kappa shape index (κ2) is 8.19. The van der Waals surface area contributed by atoms with Gasteiger partial charge in [0.25, 0.3) is 5.22 Å². The second-order valence-corrected chi connectivity index (χ2v) is 7.33. The zero-order chi connectivity index (χ0) is 18.5. The Balaban J connectivity index is 1.61. The molecule has 0 aliphatic rings. The van der Waals surface area contributed by atoms with Crippen LogP contribution in [-0.4, -0.2) is 21.4 Å². The largest absolute Gasteiger partial charge is 0.411 e. The zero-order valence-corrected chi connectivity index (χ0v) is 15.8. The van der Waals surface area contributed by atoms with Crippen molar-refractivity contribution in [2.45, 2.75) is 37.7 Å². The van der Waals surface area contributed by atoms with Gasteiger partial charge in [0.2, 0.25) is 11.8 Å². The molecule has 0 saturated carbocycles. The highest BCUT2D eigenvalue weighted by Crippen LogP contribution is 2.27. The molecule has 0 aliphatic heterocycles. The van der Waals surface area contributed by atoms with Crippen molar-refractivity contribution in [2.24, 2.45) is 0 Å². The van der Waals surface area contributed by atoms with Crippen molar-refractivity contribution in [3.05, 3.63) is 59.7 Å². The minimum atomic E-state index is -0.354. The molecule has 1 unspecified atom stereocenters. The third-order valence-corrected chi connectivity index (χ3v) is 4.92. The number of thioether (sulfide) groups is 1. The zero-order valence-electron chi connectivity index (χ0n) is 15.0. The van der Waals surface area contributed by atoms with Crippen LogP contribution in [0.3, 0.4) is 0 Å². The number of benzene rings is 2. The molecule has 134 valence electrons. The molecule has 3 aromatic rings. The standard InChI is InChI=1S/C20H21N3O2S/c1-4-15-7-11-17(12-8-15)21-18(24)14(3)26-20-23-22-19(25-20)16-9-5-13(2)6-10-16/h5-12,14H,4H2,1-3H3,(H,21,24). The molecule has 0 bridgehead atoms. The molecule has 1 atom stereocenters. The molecule has 5 nitrogen and oxygen atoms in total. The average molecular weight is 367 g/mol. The van der Waals surface area contributed by atoms with Gasteiger partial charge in [-0.15, -0.1) is 10.2 Å². The summed E-state index contributed by atoms with van der Waals surface area (Å²) in [6.07, 6.45) is 0.973. The third kappa shape index (κ3) is 4.52. The fraction of sp³-hybridized carbons (Fsp3) is 0.250. The van der Waals surface area contributed by atoms with E-state index in [1.807, 2.05) is 62.4 Å². The molecular weight excluding hydrogens is 346 g/mol. The first-order chi connectivity index (χ1) is 12.5. The molecule has 0 fully saturated rings. The molecule has 1 amide bonds. The second-order valence-electron chi connectivity index (χ2n) is 6.04. The molecule has 0 aliphatic carbocycles. The Morgan fingerprint density at radius 1 is 1.12 bits per heavy atom. The Labute approximate surface area is 157 Å². The predicted octanol–water partition coefficient (Wildman–Crippen LogP) is 4.73. The van der Waals surface area contributed by atoms with Gasteiger partial charge in [0, 0.05) is 11.3 Å². The van der Waals surface area contributed by atoms with Gasteiger partial charge in [-0.1, -0.05) is 48.5 Å². The number of carbonyl (C=O) groups is 1. The van der Waals surface area contributed by atoms with Gasteiger partial charge >= 0.3 is 0 Å². The van der Waals surface area contributed by atoms with Gasteiger partial charge in [-0.3, -0.25) is 4.79 Å². The maximum Gasteiger partial charge on any atom is 0.277 e.